The number of hydrogen-bond donors (Lipinski definition) is 2. The second kappa shape index (κ2) is 8.15. The second-order valence-corrected chi connectivity index (χ2v) is 5.39. The molecule has 2 amide bonds. The highest BCUT2D eigenvalue weighted by molar-refractivity contribution is 7.99. The molecule has 1 aromatic heterocycles. The first-order valence-electron chi connectivity index (χ1n) is 6.71. The highest BCUT2D eigenvalue weighted by Crippen LogP contribution is 2.27. The maximum Gasteiger partial charge on any atom is 0.269 e. The van der Waals surface area contributed by atoms with Gasteiger partial charge in [0, 0.05) is 12.6 Å². The summed E-state index contributed by atoms with van der Waals surface area (Å²) in [4.78, 5) is 23.8. The number of carbonyl (C=O) groups excluding carboxylic acids is 2. The number of thioether (sulfide) groups is 1. The molecule has 0 fully saturated rings. The highest BCUT2D eigenvalue weighted by atomic mass is 32.2. The molecule has 2 rings (SSSR count). The van der Waals surface area contributed by atoms with E-state index in [1.54, 1.807) is 19.2 Å². The molecule has 1 heterocycles. The third-order valence-electron chi connectivity index (χ3n) is 2.87. The molecule has 0 spiro atoms. The van der Waals surface area contributed by atoms with Crippen LogP contribution in [0.25, 0.3) is 0 Å². The minimum absolute atomic E-state index is 0.0560. The number of methoxy groups -OCH3 is 2. The molecule has 0 saturated carbocycles. The van der Waals surface area contributed by atoms with Crippen LogP contribution in [0.5, 0.6) is 11.5 Å². The summed E-state index contributed by atoms with van der Waals surface area (Å²) < 4.78 is 11.7. The van der Waals surface area contributed by atoms with E-state index >= 15 is 0 Å². The Morgan fingerprint density at radius 2 is 1.96 bits per heavy atom. The molecule has 0 radical (unpaired) electrons. The van der Waals surface area contributed by atoms with Crippen LogP contribution in [0.4, 0.5) is 0 Å². The molecular formula is C13H16N6O4S. The number of aryl methyl sites for hydroxylation is 1. The lowest BCUT2D eigenvalue weighted by Gasteiger charge is -2.10. The third-order valence-corrected chi connectivity index (χ3v) is 3.89. The summed E-state index contributed by atoms with van der Waals surface area (Å²) in [6.45, 7) is 0. The van der Waals surface area contributed by atoms with Crippen molar-refractivity contribution in [3.63, 3.8) is 0 Å². The Kier molecular flexibility index (Phi) is 5.95. The Bertz CT molecular complexity index is 735. The van der Waals surface area contributed by atoms with E-state index in [1.165, 1.54) is 25.0 Å². The third kappa shape index (κ3) is 4.35. The monoisotopic (exact) mass is 352 g/mol. The van der Waals surface area contributed by atoms with Gasteiger partial charge in [0.25, 0.3) is 5.91 Å². The van der Waals surface area contributed by atoms with Gasteiger partial charge in [-0.15, -0.1) is 5.10 Å². The lowest BCUT2D eigenvalue weighted by molar-refractivity contribution is -0.119. The van der Waals surface area contributed by atoms with Crippen molar-refractivity contribution >= 4 is 23.6 Å². The number of carbonyl (C=O) groups is 2. The van der Waals surface area contributed by atoms with Crippen LogP contribution in [0, 0.1) is 0 Å². The zero-order valence-corrected chi connectivity index (χ0v) is 14.1. The van der Waals surface area contributed by atoms with E-state index in [4.69, 9.17) is 9.47 Å². The second-order valence-electron chi connectivity index (χ2n) is 4.45. The quantitative estimate of drug-likeness (QED) is 0.541. The average Bonchev–Trinajstić information content (AvgIpc) is 3.02. The van der Waals surface area contributed by atoms with Crippen molar-refractivity contribution in [1.29, 1.82) is 0 Å². The molecule has 0 aliphatic carbocycles. The largest absolute Gasteiger partial charge is 0.493 e. The lowest BCUT2D eigenvalue weighted by Crippen LogP contribution is -2.42. The number of tetrazole rings is 1. The average molecular weight is 352 g/mol. The maximum absolute atomic E-state index is 12.0. The summed E-state index contributed by atoms with van der Waals surface area (Å²) in [5, 5.41) is 11.3. The summed E-state index contributed by atoms with van der Waals surface area (Å²) in [6.07, 6.45) is 0. The first-order chi connectivity index (χ1) is 11.5. The maximum atomic E-state index is 12.0. The van der Waals surface area contributed by atoms with Gasteiger partial charge in [-0.1, -0.05) is 11.8 Å². The first-order valence-corrected chi connectivity index (χ1v) is 7.70. The molecule has 10 nitrogen and oxygen atoms in total. The fourth-order valence-electron chi connectivity index (χ4n) is 1.69. The van der Waals surface area contributed by atoms with Crippen molar-refractivity contribution in [1.82, 2.24) is 31.1 Å². The van der Waals surface area contributed by atoms with Gasteiger partial charge in [-0.2, -0.15) is 0 Å². The predicted molar refractivity (Wildman–Crippen MR) is 84.7 cm³/mol. The molecule has 11 heteroatoms. The predicted octanol–water partition coefficient (Wildman–Crippen LogP) is -0.219. The summed E-state index contributed by atoms with van der Waals surface area (Å²) >= 11 is 1.15. The molecular weight excluding hydrogens is 336 g/mol. The Hall–Kier alpha value is -2.82. The lowest BCUT2D eigenvalue weighted by atomic mass is 10.2. The zero-order valence-electron chi connectivity index (χ0n) is 13.3. The van der Waals surface area contributed by atoms with Gasteiger partial charge < -0.3 is 9.47 Å². The van der Waals surface area contributed by atoms with Crippen molar-refractivity contribution in [2.75, 3.05) is 20.0 Å². The van der Waals surface area contributed by atoms with Gasteiger partial charge in [-0.05, 0) is 28.6 Å². The highest BCUT2D eigenvalue weighted by Gasteiger charge is 2.12. The van der Waals surface area contributed by atoms with E-state index < -0.39 is 11.8 Å². The number of hydrogen-bond acceptors (Lipinski definition) is 8. The Morgan fingerprint density at radius 1 is 1.21 bits per heavy atom. The number of ether oxygens (including phenoxy) is 2. The van der Waals surface area contributed by atoms with Gasteiger partial charge in [0.15, 0.2) is 11.5 Å². The molecule has 0 unspecified atom stereocenters. The molecule has 0 bridgehead atoms. The van der Waals surface area contributed by atoms with E-state index in [0.29, 0.717) is 22.2 Å². The van der Waals surface area contributed by atoms with E-state index in [-0.39, 0.29) is 5.75 Å². The Balaban J connectivity index is 1.86. The number of nitrogens with one attached hydrogen (secondary N) is 2. The normalized spacial score (nSPS) is 10.1. The van der Waals surface area contributed by atoms with Crippen LogP contribution in [0.3, 0.4) is 0 Å². The van der Waals surface area contributed by atoms with E-state index in [0.717, 1.165) is 11.8 Å². The SMILES string of the molecule is COc1ccc(C(=O)NNC(=O)CSc2nnnn2C)cc1OC. The summed E-state index contributed by atoms with van der Waals surface area (Å²) in [5.41, 5.74) is 4.96. The number of nitrogens with zero attached hydrogens (tertiary/aromatic N) is 4. The number of rotatable bonds is 6. The molecule has 0 atom stereocenters. The van der Waals surface area contributed by atoms with Crippen molar-refractivity contribution < 1.29 is 19.1 Å². The van der Waals surface area contributed by atoms with Crippen molar-refractivity contribution in [3.05, 3.63) is 23.8 Å². The Labute approximate surface area is 141 Å². The van der Waals surface area contributed by atoms with Crippen LogP contribution < -0.4 is 20.3 Å². The van der Waals surface area contributed by atoms with Crippen LogP contribution >= 0.6 is 11.8 Å². The van der Waals surface area contributed by atoms with Gasteiger partial charge in [0.05, 0.1) is 20.0 Å². The standard InChI is InChI=1S/C13H16N6O4S/c1-19-13(16-17-18-19)24-7-11(20)14-15-12(21)8-4-5-9(22-2)10(6-8)23-3/h4-6H,7H2,1-3H3,(H,14,20)(H,15,21). The molecule has 0 aliphatic heterocycles. The number of amides is 2. The van der Waals surface area contributed by atoms with E-state index in [2.05, 4.69) is 26.4 Å². The number of hydrazine groups is 1. The van der Waals surface area contributed by atoms with Crippen molar-refractivity contribution in [2.24, 2.45) is 7.05 Å². The minimum Gasteiger partial charge on any atom is -0.493 e. The van der Waals surface area contributed by atoms with Crippen LogP contribution in [-0.2, 0) is 11.8 Å². The minimum atomic E-state index is -0.477. The molecule has 0 aliphatic rings. The van der Waals surface area contributed by atoms with Crippen molar-refractivity contribution in [2.45, 2.75) is 5.16 Å². The van der Waals surface area contributed by atoms with Crippen LogP contribution in [0.15, 0.2) is 23.4 Å². The fourth-order valence-corrected chi connectivity index (χ4v) is 2.34. The van der Waals surface area contributed by atoms with Gasteiger partial charge in [-0.25, -0.2) is 4.68 Å². The molecule has 128 valence electrons. The molecule has 2 N–H and O–H groups in total. The van der Waals surface area contributed by atoms with Gasteiger partial charge in [0.1, 0.15) is 0 Å². The summed E-state index contributed by atoms with van der Waals surface area (Å²) in [5.74, 6) is 0.112. The van der Waals surface area contributed by atoms with Crippen LogP contribution in [0.1, 0.15) is 10.4 Å². The van der Waals surface area contributed by atoms with Gasteiger partial charge in [-0.3, -0.25) is 20.4 Å². The molecule has 2 aromatic rings. The van der Waals surface area contributed by atoms with E-state index in [1.807, 2.05) is 0 Å². The number of benzene rings is 1. The van der Waals surface area contributed by atoms with Gasteiger partial charge >= 0.3 is 0 Å². The Morgan fingerprint density at radius 3 is 2.58 bits per heavy atom. The smallest absolute Gasteiger partial charge is 0.269 e. The van der Waals surface area contributed by atoms with Crippen molar-refractivity contribution in [3.8, 4) is 11.5 Å². The molecule has 24 heavy (non-hydrogen) atoms. The van der Waals surface area contributed by atoms with E-state index in [9.17, 15) is 9.59 Å². The van der Waals surface area contributed by atoms with Gasteiger partial charge in [0.2, 0.25) is 11.1 Å². The zero-order chi connectivity index (χ0) is 17.5. The first kappa shape index (κ1) is 17.5. The molecule has 0 saturated heterocycles. The summed E-state index contributed by atoms with van der Waals surface area (Å²) in [6, 6.07) is 4.68. The molecule has 1 aromatic carbocycles. The van der Waals surface area contributed by atoms with Crippen LogP contribution in [0.2, 0.25) is 0 Å². The fraction of sp³-hybridized carbons (Fsp3) is 0.308. The topological polar surface area (TPSA) is 120 Å². The van der Waals surface area contributed by atoms with Crippen LogP contribution in [-0.4, -0.2) is 52.0 Å². The summed E-state index contributed by atoms with van der Waals surface area (Å²) in [7, 11) is 4.64. The number of aromatic nitrogens is 4.